The van der Waals surface area contributed by atoms with E-state index in [1.807, 2.05) is 18.2 Å². The van der Waals surface area contributed by atoms with Crippen LogP contribution in [0.15, 0.2) is 41.8 Å². The number of thiophene rings is 1. The number of hydrogen-bond acceptors (Lipinski definition) is 7. The summed E-state index contributed by atoms with van der Waals surface area (Å²) in [6.45, 7) is 4.89. The summed E-state index contributed by atoms with van der Waals surface area (Å²) in [6.07, 6.45) is 0.928. The fourth-order valence-electron chi connectivity index (χ4n) is 2.74. The highest BCUT2D eigenvalue weighted by Crippen LogP contribution is 2.25. The van der Waals surface area contributed by atoms with Crippen molar-refractivity contribution in [3.8, 4) is 0 Å². The lowest BCUT2D eigenvalue weighted by Crippen LogP contribution is -2.23. The molecule has 1 atom stereocenters. The maximum Gasteiger partial charge on any atom is 0.232 e. The van der Waals surface area contributed by atoms with Crippen LogP contribution in [0.4, 0.5) is 17.6 Å². The van der Waals surface area contributed by atoms with E-state index in [-0.39, 0.29) is 12.0 Å². The second kappa shape index (κ2) is 8.25. The monoisotopic (exact) mass is 368 g/mol. The molecule has 0 aliphatic carbocycles. The van der Waals surface area contributed by atoms with Crippen molar-refractivity contribution in [3.05, 3.63) is 58.0 Å². The van der Waals surface area contributed by atoms with Gasteiger partial charge in [-0.25, -0.2) is 0 Å². The van der Waals surface area contributed by atoms with Gasteiger partial charge in [0.25, 0.3) is 0 Å². The molecule has 0 saturated carbocycles. The molecule has 0 bridgehead atoms. The quantitative estimate of drug-likeness (QED) is 0.656. The molecule has 0 radical (unpaired) electrons. The molecule has 3 aromatic rings. The van der Waals surface area contributed by atoms with Crippen LogP contribution in [0.25, 0.3) is 0 Å². The van der Waals surface area contributed by atoms with Gasteiger partial charge in [-0.2, -0.15) is 15.0 Å². The molecule has 6 nitrogen and oxygen atoms in total. The summed E-state index contributed by atoms with van der Waals surface area (Å²) in [6, 6.07) is 12.6. The molecule has 0 spiro atoms. The molecule has 7 heteroatoms. The molecule has 0 unspecified atom stereocenters. The Hall–Kier alpha value is -2.51. The molecule has 0 amide bonds. The van der Waals surface area contributed by atoms with E-state index in [0.29, 0.717) is 18.3 Å². The molecule has 3 N–H and O–H groups in total. The van der Waals surface area contributed by atoms with E-state index in [2.05, 4.69) is 69.6 Å². The number of nitrogens with zero attached hydrogens (tertiary/aromatic N) is 4. The lowest BCUT2D eigenvalue weighted by atomic mass is 10.1. The first kappa shape index (κ1) is 18.3. The fraction of sp³-hybridized carbons (Fsp3) is 0.316. The molecule has 3 rings (SSSR count). The van der Waals surface area contributed by atoms with Gasteiger partial charge in [0, 0.05) is 16.6 Å². The van der Waals surface area contributed by atoms with Crippen LogP contribution in [0.1, 0.15) is 36.2 Å². The topological polar surface area (TPSA) is 80.0 Å². The highest BCUT2D eigenvalue weighted by atomic mass is 32.1. The lowest BCUT2D eigenvalue weighted by Gasteiger charge is -2.23. The number of para-hydroxylation sites is 1. The molecule has 0 aliphatic rings. The summed E-state index contributed by atoms with van der Waals surface area (Å²) in [4.78, 5) is 16.6. The maximum absolute atomic E-state index is 5.91. The average Bonchev–Trinajstić information content (AvgIpc) is 3.15. The van der Waals surface area contributed by atoms with Gasteiger partial charge in [-0.15, -0.1) is 11.3 Å². The second-order valence-corrected chi connectivity index (χ2v) is 7.15. The van der Waals surface area contributed by atoms with Crippen LogP contribution in [-0.4, -0.2) is 26.9 Å². The van der Waals surface area contributed by atoms with Crippen LogP contribution < -0.4 is 11.1 Å². The van der Waals surface area contributed by atoms with Gasteiger partial charge in [-0.3, -0.25) is 4.90 Å². The maximum atomic E-state index is 5.91. The average molecular weight is 369 g/mol. The standard InChI is InChI=1S/C19H24N6S/c1-4-14-8-5-6-9-15(14)21-19-23-17(22-18(20)24-19)12-25(3)13(2)16-10-7-11-26-16/h5-11,13H,4,12H2,1-3H3,(H3,20,21,22,23,24)/t13-/m0/s1. The zero-order chi connectivity index (χ0) is 18.5. The number of hydrogen-bond donors (Lipinski definition) is 2. The van der Waals surface area contributed by atoms with Crippen LogP contribution in [-0.2, 0) is 13.0 Å². The van der Waals surface area contributed by atoms with Gasteiger partial charge in [-0.1, -0.05) is 31.2 Å². The van der Waals surface area contributed by atoms with Crippen molar-refractivity contribution in [2.24, 2.45) is 0 Å². The van der Waals surface area contributed by atoms with Crippen molar-refractivity contribution in [3.63, 3.8) is 0 Å². The van der Waals surface area contributed by atoms with Gasteiger partial charge in [0.15, 0.2) is 0 Å². The summed E-state index contributed by atoms with van der Waals surface area (Å²) >= 11 is 1.75. The van der Waals surface area contributed by atoms with Gasteiger partial charge in [0.2, 0.25) is 11.9 Å². The third-order valence-electron chi connectivity index (χ3n) is 4.35. The number of benzene rings is 1. The van der Waals surface area contributed by atoms with Crippen LogP contribution >= 0.6 is 11.3 Å². The summed E-state index contributed by atoms with van der Waals surface area (Å²) in [5.41, 5.74) is 8.11. The number of aromatic nitrogens is 3. The van der Waals surface area contributed by atoms with Crippen molar-refractivity contribution in [1.82, 2.24) is 19.9 Å². The first-order valence-corrected chi connectivity index (χ1v) is 9.53. The predicted molar refractivity (Wildman–Crippen MR) is 108 cm³/mol. The Morgan fingerprint density at radius 2 is 1.96 bits per heavy atom. The molecular weight excluding hydrogens is 344 g/mol. The van der Waals surface area contributed by atoms with Crippen molar-refractivity contribution >= 4 is 28.9 Å². The second-order valence-electron chi connectivity index (χ2n) is 6.18. The Bertz CT molecular complexity index is 849. The smallest absolute Gasteiger partial charge is 0.232 e. The Morgan fingerprint density at radius 3 is 2.69 bits per heavy atom. The first-order chi connectivity index (χ1) is 12.6. The molecule has 1 aromatic carbocycles. The Balaban J connectivity index is 1.77. The van der Waals surface area contributed by atoms with Crippen molar-refractivity contribution in [2.75, 3.05) is 18.1 Å². The third-order valence-corrected chi connectivity index (χ3v) is 5.39. The zero-order valence-corrected chi connectivity index (χ0v) is 16.1. The van der Waals surface area contributed by atoms with Crippen LogP contribution in [0, 0.1) is 0 Å². The van der Waals surface area contributed by atoms with E-state index < -0.39 is 0 Å². The summed E-state index contributed by atoms with van der Waals surface area (Å²) in [7, 11) is 2.06. The Morgan fingerprint density at radius 1 is 1.15 bits per heavy atom. The molecule has 2 aromatic heterocycles. The summed E-state index contributed by atoms with van der Waals surface area (Å²) in [5, 5.41) is 5.37. The largest absolute Gasteiger partial charge is 0.368 e. The van der Waals surface area contributed by atoms with Gasteiger partial charge in [-0.05, 0) is 43.5 Å². The van der Waals surface area contributed by atoms with Crippen LogP contribution in [0.5, 0.6) is 0 Å². The van der Waals surface area contributed by atoms with Gasteiger partial charge < -0.3 is 11.1 Å². The van der Waals surface area contributed by atoms with Crippen molar-refractivity contribution in [1.29, 1.82) is 0 Å². The molecule has 26 heavy (non-hydrogen) atoms. The lowest BCUT2D eigenvalue weighted by molar-refractivity contribution is 0.250. The highest BCUT2D eigenvalue weighted by molar-refractivity contribution is 7.10. The van der Waals surface area contributed by atoms with Crippen molar-refractivity contribution < 1.29 is 0 Å². The zero-order valence-electron chi connectivity index (χ0n) is 15.3. The van der Waals surface area contributed by atoms with E-state index in [9.17, 15) is 0 Å². The number of anilines is 3. The van der Waals surface area contributed by atoms with Gasteiger partial charge in [0.1, 0.15) is 5.82 Å². The van der Waals surface area contributed by atoms with E-state index in [0.717, 1.165) is 12.1 Å². The highest BCUT2D eigenvalue weighted by Gasteiger charge is 2.15. The first-order valence-electron chi connectivity index (χ1n) is 8.65. The van der Waals surface area contributed by atoms with E-state index in [1.54, 1.807) is 11.3 Å². The van der Waals surface area contributed by atoms with Crippen molar-refractivity contribution in [2.45, 2.75) is 32.9 Å². The minimum absolute atomic E-state index is 0.226. The van der Waals surface area contributed by atoms with E-state index >= 15 is 0 Å². The minimum atomic E-state index is 0.226. The molecule has 0 fully saturated rings. The SMILES string of the molecule is CCc1ccccc1Nc1nc(N)nc(CN(C)[C@@H](C)c2cccs2)n1. The normalized spacial score (nSPS) is 12.3. The number of nitrogens with two attached hydrogens (primary N) is 1. The third kappa shape index (κ3) is 4.36. The molecule has 0 aliphatic heterocycles. The molecule has 136 valence electrons. The van der Waals surface area contributed by atoms with Gasteiger partial charge in [0.05, 0.1) is 6.54 Å². The van der Waals surface area contributed by atoms with E-state index in [4.69, 9.17) is 5.73 Å². The fourth-order valence-corrected chi connectivity index (χ4v) is 3.59. The number of aryl methyl sites for hydroxylation is 1. The number of nitrogen functional groups attached to an aromatic ring is 1. The van der Waals surface area contributed by atoms with Crippen LogP contribution in [0.2, 0.25) is 0 Å². The Kier molecular flexibility index (Phi) is 5.80. The Labute approximate surface area is 158 Å². The molecule has 0 saturated heterocycles. The number of rotatable bonds is 7. The molecular formula is C19H24N6S. The predicted octanol–water partition coefficient (Wildman–Crippen LogP) is 4.01. The summed E-state index contributed by atoms with van der Waals surface area (Å²) in [5.74, 6) is 1.36. The van der Waals surface area contributed by atoms with E-state index in [1.165, 1.54) is 10.4 Å². The summed E-state index contributed by atoms with van der Waals surface area (Å²) < 4.78 is 0. The minimum Gasteiger partial charge on any atom is -0.368 e. The van der Waals surface area contributed by atoms with Gasteiger partial charge >= 0.3 is 0 Å². The van der Waals surface area contributed by atoms with Crippen LogP contribution in [0.3, 0.4) is 0 Å². The number of nitrogens with one attached hydrogen (secondary N) is 1. The molecule has 2 heterocycles.